The van der Waals surface area contributed by atoms with Gasteiger partial charge in [0, 0.05) is 31.6 Å². The second kappa shape index (κ2) is 12.2. The first-order valence-electron chi connectivity index (χ1n) is 11.6. The molecule has 2 aromatic rings. The van der Waals surface area contributed by atoms with Gasteiger partial charge < -0.3 is 15.0 Å². The smallest absolute Gasteiger partial charge is 0.224 e. The lowest BCUT2D eigenvalue weighted by atomic mass is 9.93. The molecule has 32 heavy (non-hydrogen) atoms. The minimum atomic E-state index is -0.273. The van der Waals surface area contributed by atoms with Crippen molar-refractivity contribution >= 4 is 17.5 Å². The highest BCUT2D eigenvalue weighted by Gasteiger charge is 2.24. The van der Waals surface area contributed by atoms with Gasteiger partial charge in [0.05, 0.1) is 6.61 Å². The highest BCUT2D eigenvalue weighted by molar-refractivity contribution is 5.90. The highest BCUT2D eigenvalue weighted by atomic mass is 19.1. The molecule has 6 heteroatoms. The first-order chi connectivity index (χ1) is 15.5. The van der Waals surface area contributed by atoms with Crippen molar-refractivity contribution in [2.24, 2.45) is 5.92 Å². The number of amides is 2. The second-order valence-electron chi connectivity index (χ2n) is 8.43. The fourth-order valence-electron chi connectivity index (χ4n) is 3.93. The lowest BCUT2D eigenvalue weighted by molar-refractivity contribution is -0.132. The molecule has 0 radical (unpaired) electrons. The first-order valence-corrected chi connectivity index (χ1v) is 11.6. The minimum Gasteiger partial charge on any atom is -0.494 e. The number of piperidine rings is 1. The summed E-state index contributed by atoms with van der Waals surface area (Å²) in [6.45, 7) is 4.17. The molecule has 1 aliphatic heterocycles. The Bertz CT molecular complexity index is 877. The number of halogens is 1. The molecule has 172 valence electrons. The van der Waals surface area contributed by atoms with E-state index < -0.39 is 0 Å². The molecule has 1 N–H and O–H groups in total. The molecular weight excluding hydrogens is 407 g/mol. The maximum absolute atomic E-state index is 13.3. The van der Waals surface area contributed by atoms with Crippen LogP contribution in [0.4, 0.5) is 10.1 Å². The average molecular weight is 441 g/mol. The maximum Gasteiger partial charge on any atom is 0.224 e. The third kappa shape index (κ3) is 7.66. The number of aryl methyl sites for hydroxylation is 1. The van der Waals surface area contributed by atoms with Crippen LogP contribution in [0.15, 0.2) is 48.5 Å². The van der Waals surface area contributed by atoms with E-state index in [1.807, 2.05) is 35.2 Å². The molecule has 0 bridgehead atoms. The molecule has 0 aromatic heterocycles. The zero-order chi connectivity index (χ0) is 22.8. The number of hydrogen-bond acceptors (Lipinski definition) is 3. The minimum absolute atomic E-state index is 0.000493. The Morgan fingerprint density at radius 3 is 2.56 bits per heavy atom. The van der Waals surface area contributed by atoms with Gasteiger partial charge in [-0.3, -0.25) is 9.59 Å². The first kappa shape index (κ1) is 23.8. The van der Waals surface area contributed by atoms with E-state index in [2.05, 4.69) is 12.2 Å². The summed E-state index contributed by atoms with van der Waals surface area (Å²) in [4.78, 5) is 26.8. The van der Waals surface area contributed by atoms with Crippen molar-refractivity contribution in [1.82, 2.24) is 4.90 Å². The van der Waals surface area contributed by atoms with Crippen LogP contribution in [0.2, 0.25) is 0 Å². The molecule has 0 unspecified atom stereocenters. The van der Waals surface area contributed by atoms with Gasteiger partial charge in [-0.05, 0) is 73.6 Å². The van der Waals surface area contributed by atoms with Gasteiger partial charge in [-0.1, -0.05) is 25.5 Å². The van der Waals surface area contributed by atoms with Crippen LogP contribution in [-0.4, -0.2) is 36.4 Å². The van der Waals surface area contributed by atoms with Gasteiger partial charge in [-0.2, -0.15) is 0 Å². The largest absolute Gasteiger partial charge is 0.494 e. The van der Waals surface area contributed by atoms with E-state index in [0.29, 0.717) is 39.0 Å². The Labute approximate surface area is 190 Å². The van der Waals surface area contributed by atoms with Gasteiger partial charge in [0.25, 0.3) is 0 Å². The van der Waals surface area contributed by atoms with E-state index in [1.54, 1.807) is 6.07 Å². The summed E-state index contributed by atoms with van der Waals surface area (Å²) in [5, 5.41) is 2.96. The van der Waals surface area contributed by atoms with Crippen LogP contribution < -0.4 is 10.1 Å². The predicted molar refractivity (Wildman–Crippen MR) is 124 cm³/mol. The summed E-state index contributed by atoms with van der Waals surface area (Å²) in [6, 6.07) is 13.9. The van der Waals surface area contributed by atoms with Gasteiger partial charge in [-0.25, -0.2) is 4.39 Å². The molecule has 0 saturated carbocycles. The Balaban J connectivity index is 1.36. The van der Waals surface area contributed by atoms with E-state index in [4.69, 9.17) is 4.74 Å². The SMILES string of the molecule is CCCCOc1ccc(NC(=O)CC2CCN(C(=O)CCc3cccc(F)c3)CC2)cc1. The second-order valence-corrected chi connectivity index (χ2v) is 8.43. The number of anilines is 1. The van der Waals surface area contributed by atoms with E-state index >= 15 is 0 Å². The van der Waals surface area contributed by atoms with Crippen molar-refractivity contribution < 1.29 is 18.7 Å². The quantitative estimate of drug-likeness (QED) is 0.516. The molecule has 1 heterocycles. The molecule has 5 nitrogen and oxygen atoms in total. The van der Waals surface area contributed by atoms with Crippen LogP contribution in [0.25, 0.3) is 0 Å². The van der Waals surface area contributed by atoms with Gasteiger partial charge >= 0.3 is 0 Å². The van der Waals surface area contributed by atoms with Crippen molar-refractivity contribution in [2.45, 2.75) is 51.9 Å². The fourth-order valence-corrected chi connectivity index (χ4v) is 3.93. The van der Waals surface area contributed by atoms with Crippen LogP contribution >= 0.6 is 0 Å². The summed E-state index contributed by atoms with van der Waals surface area (Å²) in [5.74, 6) is 0.911. The summed E-state index contributed by atoms with van der Waals surface area (Å²) in [7, 11) is 0. The van der Waals surface area contributed by atoms with E-state index in [9.17, 15) is 14.0 Å². The molecule has 2 aromatic carbocycles. The topological polar surface area (TPSA) is 58.6 Å². The van der Waals surface area contributed by atoms with Crippen molar-refractivity contribution in [3.63, 3.8) is 0 Å². The lowest BCUT2D eigenvalue weighted by Crippen LogP contribution is -2.39. The molecule has 0 aliphatic carbocycles. The number of nitrogens with one attached hydrogen (secondary N) is 1. The molecule has 1 saturated heterocycles. The van der Waals surface area contributed by atoms with Crippen molar-refractivity contribution in [3.05, 3.63) is 59.9 Å². The highest BCUT2D eigenvalue weighted by Crippen LogP contribution is 2.23. The zero-order valence-electron chi connectivity index (χ0n) is 18.8. The van der Waals surface area contributed by atoms with Crippen LogP contribution in [0.1, 0.15) is 51.0 Å². The van der Waals surface area contributed by atoms with Gasteiger partial charge in [0.15, 0.2) is 0 Å². The predicted octanol–water partition coefficient (Wildman–Crippen LogP) is 5.20. The van der Waals surface area contributed by atoms with Gasteiger partial charge in [0.1, 0.15) is 11.6 Å². The Hall–Kier alpha value is -2.89. The van der Waals surface area contributed by atoms with E-state index in [0.717, 1.165) is 42.7 Å². The summed E-state index contributed by atoms with van der Waals surface area (Å²) >= 11 is 0. The normalized spacial score (nSPS) is 14.2. The Kier molecular flexibility index (Phi) is 9.08. The zero-order valence-corrected chi connectivity index (χ0v) is 18.8. The van der Waals surface area contributed by atoms with Crippen molar-refractivity contribution in [1.29, 1.82) is 0 Å². The third-order valence-electron chi connectivity index (χ3n) is 5.86. The molecular formula is C26H33FN2O3. The van der Waals surface area contributed by atoms with Crippen LogP contribution in [0, 0.1) is 11.7 Å². The number of benzene rings is 2. The molecule has 1 fully saturated rings. The monoisotopic (exact) mass is 440 g/mol. The summed E-state index contributed by atoms with van der Waals surface area (Å²) in [6.07, 6.45) is 5.15. The number of nitrogens with zero attached hydrogens (tertiary/aromatic N) is 1. The fraction of sp³-hybridized carbons (Fsp3) is 0.462. The van der Waals surface area contributed by atoms with Crippen molar-refractivity contribution in [3.8, 4) is 5.75 Å². The standard InChI is InChI=1S/C26H33FN2O3/c1-2-3-17-32-24-10-8-23(9-11-24)28-25(30)19-21-13-15-29(16-14-21)26(31)12-7-20-5-4-6-22(27)18-20/h4-6,8-11,18,21H,2-3,7,12-17,19H2,1H3,(H,28,30). The number of likely N-dealkylation sites (tertiary alicyclic amines) is 1. The Morgan fingerprint density at radius 2 is 1.88 bits per heavy atom. The third-order valence-corrected chi connectivity index (χ3v) is 5.86. The maximum atomic E-state index is 13.3. The van der Waals surface area contributed by atoms with Gasteiger partial charge in [0.2, 0.25) is 11.8 Å². The number of ether oxygens (including phenoxy) is 1. The Morgan fingerprint density at radius 1 is 1.12 bits per heavy atom. The number of hydrogen-bond donors (Lipinski definition) is 1. The number of carbonyl (C=O) groups excluding carboxylic acids is 2. The lowest BCUT2D eigenvalue weighted by Gasteiger charge is -2.32. The molecule has 3 rings (SSSR count). The average Bonchev–Trinajstić information content (AvgIpc) is 2.79. The molecule has 1 aliphatic rings. The van der Waals surface area contributed by atoms with E-state index in [1.165, 1.54) is 12.1 Å². The van der Waals surface area contributed by atoms with Crippen LogP contribution in [0.3, 0.4) is 0 Å². The number of carbonyl (C=O) groups is 2. The summed E-state index contributed by atoms with van der Waals surface area (Å²) in [5.41, 5.74) is 1.60. The molecule has 2 amide bonds. The molecule has 0 spiro atoms. The summed E-state index contributed by atoms with van der Waals surface area (Å²) < 4.78 is 18.9. The molecule has 0 atom stereocenters. The van der Waals surface area contributed by atoms with Crippen LogP contribution in [-0.2, 0) is 16.0 Å². The van der Waals surface area contributed by atoms with Crippen LogP contribution in [0.5, 0.6) is 5.75 Å². The van der Waals surface area contributed by atoms with E-state index in [-0.39, 0.29) is 23.5 Å². The van der Waals surface area contributed by atoms with Gasteiger partial charge in [-0.15, -0.1) is 0 Å². The number of unbranched alkanes of at least 4 members (excludes halogenated alkanes) is 1. The van der Waals surface area contributed by atoms with Crippen molar-refractivity contribution in [2.75, 3.05) is 25.0 Å². The number of rotatable bonds is 10.